The Hall–Kier alpha value is -2.28. The molecule has 0 saturated carbocycles. The van der Waals surface area contributed by atoms with Gasteiger partial charge in [0.1, 0.15) is 12.4 Å². The maximum absolute atomic E-state index is 12.0. The Bertz CT molecular complexity index is 656. The summed E-state index contributed by atoms with van der Waals surface area (Å²) in [6.07, 6.45) is 1.65. The van der Waals surface area contributed by atoms with E-state index >= 15 is 0 Å². The van der Waals surface area contributed by atoms with E-state index in [1.807, 2.05) is 24.3 Å². The summed E-state index contributed by atoms with van der Waals surface area (Å²) in [6.45, 7) is 1.14. The van der Waals surface area contributed by atoms with Crippen LogP contribution in [0.5, 0.6) is 5.75 Å². The van der Waals surface area contributed by atoms with Gasteiger partial charge in [0, 0.05) is 24.5 Å². The summed E-state index contributed by atoms with van der Waals surface area (Å²) in [5.41, 5.74) is 0. The van der Waals surface area contributed by atoms with E-state index in [4.69, 9.17) is 9.15 Å². The average Bonchev–Trinajstić information content (AvgIpc) is 3.11. The molecule has 0 fully saturated rings. The second-order valence-corrected chi connectivity index (χ2v) is 6.02. The Morgan fingerprint density at radius 1 is 1.25 bits per heavy atom. The van der Waals surface area contributed by atoms with E-state index in [1.165, 1.54) is 6.26 Å². The minimum atomic E-state index is -0.325. The van der Waals surface area contributed by atoms with E-state index in [0.29, 0.717) is 13.2 Å². The van der Waals surface area contributed by atoms with Gasteiger partial charge >= 0.3 is 0 Å². The molecule has 0 bridgehead atoms. The van der Waals surface area contributed by atoms with E-state index in [0.717, 1.165) is 10.2 Å². The number of furan rings is 1. The Morgan fingerprint density at radius 2 is 2.00 bits per heavy atom. The summed E-state index contributed by atoms with van der Waals surface area (Å²) < 4.78 is 11.5. The predicted molar refractivity (Wildman–Crippen MR) is 92.9 cm³/mol. The molecular weight excluding hydrogens is 376 g/mol. The number of likely N-dealkylation sites (N-methyl/N-ethyl adjacent to an activating group) is 1. The molecule has 1 aromatic heterocycles. The summed E-state index contributed by atoms with van der Waals surface area (Å²) in [5.74, 6) is 0.603. The molecular formula is C17H19BrN2O4. The van der Waals surface area contributed by atoms with Gasteiger partial charge in [0.15, 0.2) is 5.76 Å². The molecule has 0 atom stereocenters. The van der Waals surface area contributed by atoms with Crippen LogP contribution in [0.3, 0.4) is 0 Å². The van der Waals surface area contributed by atoms with Crippen molar-refractivity contribution in [3.8, 4) is 5.75 Å². The van der Waals surface area contributed by atoms with Gasteiger partial charge in [-0.05, 0) is 36.4 Å². The zero-order valence-corrected chi connectivity index (χ0v) is 14.9. The molecule has 1 N–H and O–H groups in total. The van der Waals surface area contributed by atoms with Crippen molar-refractivity contribution in [3.63, 3.8) is 0 Å². The highest BCUT2D eigenvalue weighted by Gasteiger charge is 2.11. The quantitative estimate of drug-likeness (QED) is 0.746. The van der Waals surface area contributed by atoms with E-state index in [1.54, 1.807) is 24.1 Å². The van der Waals surface area contributed by atoms with Crippen molar-refractivity contribution in [1.82, 2.24) is 10.2 Å². The first-order valence-corrected chi connectivity index (χ1v) is 8.29. The SMILES string of the molecule is CN(CCOc1ccc(Br)cc1)C(=O)CCNC(=O)c1ccco1. The molecule has 6 nitrogen and oxygen atoms in total. The third kappa shape index (κ3) is 5.73. The van der Waals surface area contributed by atoms with E-state index in [9.17, 15) is 9.59 Å². The Kier molecular flexibility index (Phi) is 6.87. The van der Waals surface area contributed by atoms with Crippen molar-refractivity contribution in [3.05, 3.63) is 52.9 Å². The van der Waals surface area contributed by atoms with Crippen molar-refractivity contribution < 1.29 is 18.7 Å². The monoisotopic (exact) mass is 394 g/mol. The van der Waals surface area contributed by atoms with Crippen LogP contribution in [0.25, 0.3) is 0 Å². The van der Waals surface area contributed by atoms with Crippen LogP contribution >= 0.6 is 15.9 Å². The smallest absolute Gasteiger partial charge is 0.286 e. The molecule has 1 heterocycles. The lowest BCUT2D eigenvalue weighted by molar-refractivity contribution is -0.130. The lowest BCUT2D eigenvalue weighted by atomic mass is 10.3. The van der Waals surface area contributed by atoms with Crippen LogP contribution in [0.1, 0.15) is 17.0 Å². The third-order valence-corrected chi connectivity index (χ3v) is 3.83. The lowest BCUT2D eigenvalue weighted by Gasteiger charge is -2.17. The maximum Gasteiger partial charge on any atom is 0.286 e. The van der Waals surface area contributed by atoms with Crippen molar-refractivity contribution in [1.29, 1.82) is 0 Å². The first-order valence-electron chi connectivity index (χ1n) is 7.50. The number of carbonyl (C=O) groups excluding carboxylic acids is 2. The minimum absolute atomic E-state index is 0.0610. The molecule has 0 unspecified atom stereocenters. The summed E-state index contributed by atoms with van der Waals surface area (Å²) in [6, 6.07) is 10.7. The van der Waals surface area contributed by atoms with Crippen LogP contribution < -0.4 is 10.1 Å². The molecule has 0 aliphatic heterocycles. The second-order valence-electron chi connectivity index (χ2n) is 5.10. The molecule has 2 amide bonds. The largest absolute Gasteiger partial charge is 0.492 e. The zero-order valence-electron chi connectivity index (χ0n) is 13.3. The molecule has 0 saturated heterocycles. The molecule has 0 aliphatic rings. The molecule has 128 valence electrons. The maximum atomic E-state index is 12.0. The fraction of sp³-hybridized carbons (Fsp3) is 0.294. The van der Waals surface area contributed by atoms with Gasteiger partial charge in [-0.15, -0.1) is 0 Å². The molecule has 0 radical (unpaired) electrons. The summed E-state index contributed by atoms with van der Waals surface area (Å²) in [7, 11) is 1.71. The van der Waals surface area contributed by atoms with Crippen molar-refractivity contribution >= 4 is 27.7 Å². The van der Waals surface area contributed by atoms with Crippen LogP contribution in [0.4, 0.5) is 0 Å². The molecule has 0 spiro atoms. The molecule has 2 rings (SSSR count). The van der Waals surface area contributed by atoms with Crippen LogP contribution in [-0.2, 0) is 4.79 Å². The number of ether oxygens (including phenoxy) is 1. The third-order valence-electron chi connectivity index (χ3n) is 3.30. The van der Waals surface area contributed by atoms with Crippen molar-refractivity contribution in [2.75, 3.05) is 26.7 Å². The Morgan fingerprint density at radius 3 is 2.67 bits per heavy atom. The lowest BCUT2D eigenvalue weighted by Crippen LogP contribution is -2.34. The fourth-order valence-electron chi connectivity index (χ4n) is 1.92. The van der Waals surface area contributed by atoms with Gasteiger partial charge in [0.2, 0.25) is 5.91 Å². The number of benzene rings is 1. The first kappa shape index (κ1) is 18.1. The second kappa shape index (κ2) is 9.12. The van der Waals surface area contributed by atoms with Crippen molar-refractivity contribution in [2.45, 2.75) is 6.42 Å². The number of carbonyl (C=O) groups is 2. The van der Waals surface area contributed by atoms with Gasteiger partial charge in [-0.3, -0.25) is 9.59 Å². The highest BCUT2D eigenvalue weighted by Crippen LogP contribution is 2.15. The van der Waals surface area contributed by atoms with E-state index in [2.05, 4.69) is 21.2 Å². The minimum Gasteiger partial charge on any atom is -0.492 e. The van der Waals surface area contributed by atoms with Gasteiger partial charge in [0.05, 0.1) is 12.8 Å². The van der Waals surface area contributed by atoms with Crippen LogP contribution in [0, 0.1) is 0 Å². The molecule has 1 aromatic carbocycles. The highest BCUT2D eigenvalue weighted by molar-refractivity contribution is 9.10. The summed E-state index contributed by atoms with van der Waals surface area (Å²) in [4.78, 5) is 25.2. The number of nitrogens with zero attached hydrogens (tertiary/aromatic N) is 1. The average molecular weight is 395 g/mol. The molecule has 0 aliphatic carbocycles. The number of nitrogens with one attached hydrogen (secondary N) is 1. The standard InChI is InChI=1S/C17H19BrN2O4/c1-20(10-12-23-14-6-4-13(18)5-7-14)16(21)8-9-19-17(22)15-3-2-11-24-15/h2-7,11H,8-10,12H2,1H3,(H,19,22). The van der Waals surface area contributed by atoms with Crippen molar-refractivity contribution in [2.24, 2.45) is 0 Å². The van der Waals surface area contributed by atoms with Crippen LogP contribution in [0.2, 0.25) is 0 Å². The van der Waals surface area contributed by atoms with Gasteiger partial charge in [-0.2, -0.15) is 0 Å². The van der Waals surface area contributed by atoms with Gasteiger partial charge in [-0.1, -0.05) is 15.9 Å². The number of hydrogen-bond donors (Lipinski definition) is 1. The Labute approximate surface area is 148 Å². The number of amides is 2. The van der Waals surface area contributed by atoms with E-state index < -0.39 is 0 Å². The number of rotatable bonds is 8. The topological polar surface area (TPSA) is 71.8 Å². The van der Waals surface area contributed by atoms with E-state index in [-0.39, 0.29) is 30.5 Å². The highest BCUT2D eigenvalue weighted by atomic mass is 79.9. The number of halogens is 1. The molecule has 7 heteroatoms. The number of hydrogen-bond acceptors (Lipinski definition) is 4. The molecule has 2 aromatic rings. The zero-order chi connectivity index (χ0) is 17.4. The van der Waals surface area contributed by atoms with Gasteiger partial charge in [0.25, 0.3) is 5.91 Å². The summed E-state index contributed by atoms with van der Waals surface area (Å²) in [5, 5.41) is 2.64. The molecule has 24 heavy (non-hydrogen) atoms. The normalized spacial score (nSPS) is 10.2. The first-order chi connectivity index (χ1) is 11.6. The predicted octanol–water partition coefficient (Wildman–Crippen LogP) is 2.70. The Balaban J connectivity index is 1.63. The van der Waals surface area contributed by atoms with Crippen LogP contribution in [0.15, 0.2) is 51.6 Å². The summed E-state index contributed by atoms with van der Waals surface area (Å²) >= 11 is 3.36. The van der Waals surface area contributed by atoms with Crippen LogP contribution in [-0.4, -0.2) is 43.5 Å². The van der Waals surface area contributed by atoms with Gasteiger partial charge in [-0.25, -0.2) is 0 Å². The van der Waals surface area contributed by atoms with Gasteiger partial charge < -0.3 is 19.4 Å². The fourth-order valence-corrected chi connectivity index (χ4v) is 2.19.